The largest absolute Gasteiger partial charge is 0.468 e. The summed E-state index contributed by atoms with van der Waals surface area (Å²) in [7, 11) is 1.33. The quantitative estimate of drug-likeness (QED) is 0.585. The molecule has 94 valence electrons. The molecular formula is C9H15N5O2S. The lowest BCUT2D eigenvalue weighted by Gasteiger charge is -2.20. The van der Waals surface area contributed by atoms with Gasteiger partial charge >= 0.3 is 5.97 Å². The normalized spacial score (nSPS) is 18.8. The first-order valence-electron chi connectivity index (χ1n) is 5.32. The molecule has 1 fully saturated rings. The molecular weight excluding hydrogens is 242 g/mol. The summed E-state index contributed by atoms with van der Waals surface area (Å²) in [5.74, 6) is -0.0531. The number of aromatic nitrogens is 4. The van der Waals surface area contributed by atoms with Crippen molar-refractivity contribution in [1.29, 1.82) is 0 Å². The van der Waals surface area contributed by atoms with Gasteiger partial charge < -0.3 is 10.5 Å². The summed E-state index contributed by atoms with van der Waals surface area (Å²) >= 11 is 1.37. The van der Waals surface area contributed by atoms with Gasteiger partial charge in [-0.15, -0.1) is 5.10 Å². The van der Waals surface area contributed by atoms with Crippen LogP contribution in [0.5, 0.6) is 0 Å². The predicted octanol–water partition coefficient (Wildman–Crippen LogP) is -0.00950. The van der Waals surface area contributed by atoms with Gasteiger partial charge in [-0.3, -0.25) is 4.79 Å². The molecule has 7 nitrogen and oxygen atoms in total. The van der Waals surface area contributed by atoms with Crippen molar-refractivity contribution in [2.24, 2.45) is 5.73 Å². The molecule has 0 radical (unpaired) electrons. The van der Waals surface area contributed by atoms with Crippen molar-refractivity contribution in [2.75, 3.05) is 12.9 Å². The molecule has 1 aromatic heterocycles. The number of nitrogens with two attached hydrogens (primary N) is 1. The Morgan fingerprint density at radius 1 is 1.71 bits per heavy atom. The molecule has 1 aromatic rings. The highest BCUT2D eigenvalue weighted by molar-refractivity contribution is 7.99. The van der Waals surface area contributed by atoms with Crippen LogP contribution >= 0.6 is 11.8 Å². The third-order valence-corrected chi connectivity index (χ3v) is 3.78. The molecule has 1 saturated carbocycles. The van der Waals surface area contributed by atoms with E-state index < -0.39 is 11.5 Å². The van der Waals surface area contributed by atoms with E-state index in [1.807, 2.05) is 0 Å². The van der Waals surface area contributed by atoms with Crippen molar-refractivity contribution in [1.82, 2.24) is 20.2 Å². The van der Waals surface area contributed by atoms with Gasteiger partial charge in [-0.25, -0.2) is 4.68 Å². The monoisotopic (exact) mass is 257 g/mol. The third-order valence-electron chi connectivity index (χ3n) is 2.51. The van der Waals surface area contributed by atoms with Crippen molar-refractivity contribution in [3.8, 4) is 0 Å². The average Bonchev–Trinajstić information content (AvgIpc) is 3.04. The van der Waals surface area contributed by atoms with Gasteiger partial charge in [-0.1, -0.05) is 11.8 Å². The van der Waals surface area contributed by atoms with Crippen LogP contribution in [0.1, 0.15) is 25.8 Å². The molecule has 2 N–H and O–H groups in total. The van der Waals surface area contributed by atoms with Crippen LogP contribution in [0.25, 0.3) is 0 Å². The number of esters is 1. The lowest BCUT2D eigenvalue weighted by atomic mass is 10.1. The van der Waals surface area contributed by atoms with Crippen LogP contribution in [0.4, 0.5) is 0 Å². The zero-order chi connectivity index (χ0) is 12.5. The summed E-state index contributed by atoms with van der Waals surface area (Å²) in [5.41, 5.74) is 4.83. The summed E-state index contributed by atoms with van der Waals surface area (Å²) < 4.78 is 6.43. The van der Waals surface area contributed by atoms with Crippen LogP contribution in [-0.2, 0) is 9.53 Å². The van der Waals surface area contributed by atoms with E-state index in [4.69, 9.17) is 5.73 Å². The molecule has 8 heteroatoms. The molecule has 1 unspecified atom stereocenters. The van der Waals surface area contributed by atoms with Crippen LogP contribution in [0.2, 0.25) is 0 Å². The van der Waals surface area contributed by atoms with Gasteiger partial charge in [0.15, 0.2) is 0 Å². The Hall–Kier alpha value is -1.15. The lowest BCUT2D eigenvalue weighted by Crippen LogP contribution is -2.48. The predicted molar refractivity (Wildman–Crippen MR) is 61.4 cm³/mol. The van der Waals surface area contributed by atoms with E-state index in [1.54, 1.807) is 11.6 Å². The number of rotatable bonds is 5. The smallest absolute Gasteiger partial charge is 0.326 e. The fourth-order valence-corrected chi connectivity index (χ4v) is 2.29. The second kappa shape index (κ2) is 4.61. The van der Waals surface area contributed by atoms with Crippen molar-refractivity contribution in [2.45, 2.75) is 36.5 Å². The third kappa shape index (κ3) is 2.75. The molecule has 0 amide bonds. The second-order valence-electron chi connectivity index (χ2n) is 4.33. The summed E-state index contributed by atoms with van der Waals surface area (Å²) in [6.45, 7) is 1.64. The Kier molecular flexibility index (Phi) is 3.34. The Bertz CT molecular complexity index is 415. The molecule has 0 spiro atoms. The molecule has 1 heterocycles. The minimum absolute atomic E-state index is 0.382. The standard InChI is InChI=1S/C9H15N5O2S/c1-9(10,7(15)16-2)5-17-8-11-12-13-14(8)6-3-4-6/h6H,3-5,10H2,1-2H3. The van der Waals surface area contributed by atoms with E-state index in [2.05, 4.69) is 20.3 Å². The van der Waals surface area contributed by atoms with Gasteiger partial charge in [0.05, 0.1) is 13.2 Å². The number of carbonyl (C=O) groups excluding carboxylic acids is 1. The van der Waals surface area contributed by atoms with Gasteiger partial charge in [-0.05, 0) is 30.2 Å². The van der Waals surface area contributed by atoms with Crippen molar-refractivity contribution in [3.63, 3.8) is 0 Å². The molecule has 1 aliphatic carbocycles. The average molecular weight is 257 g/mol. The molecule has 0 aromatic carbocycles. The first-order valence-corrected chi connectivity index (χ1v) is 6.31. The topological polar surface area (TPSA) is 95.9 Å². The molecule has 0 bridgehead atoms. The molecule has 0 aliphatic heterocycles. The first-order chi connectivity index (χ1) is 8.04. The van der Waals surface area contributed by atoms with E-state index in [9.17, 15) is 4.79 Å². The molecule has 1 atom stereocenters. The SMILES string of the molecule is COC(=O)C(C)(N)CSc1nnnn1C1CC1. The Balaban J connectivity index is 1.97. The molecule has 17 heavy (non-hydrogen) atoms. The van der Waals surface area contributed by atoms with Gasteiger partial charge in [0.25, 0.3) is 0 Å². The molecule has 1 aliphatic rings. The summed E-state index contributed by atoms with van der Waals surface area (Å²) in [5, 5.41) is 12.2. The highest BCUT2D eigenvalue weighted by Crippen LogP contribution is 2.36. The Morgan fingerprint density at radius 2 is 2.41 bits per heavy atom. The highest BCUT2D eigenvalue weighted by atomic mass is 32.2. The van der Waals surface area contributed by atoms with Crippen LogP contribution in [0, 0.1) is 0 Å². The van der Waals surface area contributed by atoms with Crippen LogP contribution in [0.15, 0.2) is 5.16 Å². The van der Waals surface area contributed by atoms with Crippen molar-refractivity contribution >= 4 is 17.7 Å². The van der Waals surface area contributed by atoms with Gasteiger partial charge in [0.2, 0.25) is 5.16 Å². The summed E-state index contributed by atoms with van der Waals surface area (Å²) in [6.07, 6.45) is 2.21. The van der Waals surface area contributed by atoms with E-state index in [-0.39, 0.29) is 0 Å². The van der Waals surface area contributed by atoms with E-state index in [0.29, 0.717) is 17.0 Å². The number of ether oxygens (including phenoxy) is 1. The zero-order valence-corrected chi connectivity index (χ0v) is 10.6. The minimum Gasteiger partial charge on any atom is -0.468 e. The maximum Gasteiger partial charge on any atom is 0.326 e. The van der Waals surface area contributed by atoms with Gasteiger partial charge in [0, 0.05) is 5.75 Å². The fraction of sp³-hybridized carbons (Fsp3) is 0.778. The number of nitrogens with zero attached hydrogens (tertiary/aromatic N) is 4. The maximum atomic E-state index is 11.4. The summed E-state index contributed by atoms with van der Waals surface area (Å²) in [4.78, 5) is 11.4. The van der Waals surface area contributed by atoms with Crippen LogP contribution in [0.3, 0.4) is 0 Å². The fourth-order valence-electron chi connectivity index (χ4n) is 1.34. The van der Waals surface area contributed by atoms with E-state index in [1.165, 1.54) is 18.9 Å². The van der Waals surface area contributed by atoms with E-state index in [0.717, 1.165) is 12.8 Å². The van der Waals surface area contributed by atoms with Gasteiger partial charge in [-0.2, -0.15) is 0 Å². The van der Waals surface area contributed by atoms with Crippen LogP contribution in [-0.4, -0.2) is 44.6 Å². The first kappa shape index (κ1) is 12.3. The van der Waals surface area contributed by atoms with Crippen molar-refractivity contribution in [3.05, 3.63) is 0 Å². The van der Waals surface area contributed by atoms with Crippen molar-refractivity contribution < 1.29 is 9.53 Å². The Morgan fingerprint density at radius 3 is 3.00 bits per heavy atom. The van der Waals surface area contributed by atoms with Gasteiger partial charge in [0.1, 0.15) is 5.54 Å². The second-order valence-corrected chi connectivity index (χ2v) is 5.28. The Labute approximate surface area is 103 Å². The number of hydrogen-bond acceptors (Lipinski definition) is 7. The molecule has 2 rings (SSSR count). The van der Waals surface area contributed by atoms with Crippen LogP contribution < -0.4 is 5.73 Å². The van der Waals surface area contributed by atoms with E-state index >= 15 is 0 Å². The molecule has 0 saturated heterocycles. The maximum absolute atomic E-state index is 11.4. The number of methoxy groups -OCH3 is 1. The highest BCUT2D eigenvalue weighted by Gasteiger charge is 2.32. The number of hydrogen-bond donors (Lipinski definition) is 1. The zero-order valence-electron chi connectivity index (χ0n) is 9.79. The number of tetrazole rings is 1. The number of carbonyl (C=O) groups is 1. The number of thioether (sulfide) groups is 1. The minimum atomic E-state index is -1.03. The lowest BCUT2D eigenvalue weighted by molar-refractivity contribution is -0.145. The summed E-state index contributed by atoms with van der Waals surface area (Å²) in [6, 6.07) is 0.412.